The minimum atomic E-state index is 0.369. The van der Waals surface area contributed by atoms with Gasteiger partial charge in [-0.05, 0) is 50.6 Å². The van der Waals surface area contributed by atoms with Crippen LogP contribution in [-0.4, -0.2) is 20.1 Å². The standard InChI is InChI=1S/C15H25BrN2/c1-5-9-18(10-6-2)15-8-7-13(16)11-14(15)12(3)17-4/h7-8,11-12,17H,5-6,9-10H2,1-4H3. The molecule has 0 radical (unpaired) electrons. The van der Waals surface area contributed by atoms with Crippen LogP contribution >= 0.6 is 15.9 Å². The number of anilines is 1. The van der Waals surface area contributed by atoms with E-state index in [1.807, 2.05) is 7.05 Å². The quantitative estimate of drug-likeness (QED) is 0.805. The van der Waals surface area contributed by atoms with Crippen LogP contribution in [0.15, 0.2) is 22.7 Å². The van der Waals surface area contributed by atoms with Crippen molar-refractivity contribution in [1.29, 1.82) is 0 Å². The fourth-order valence-electron chi connectivity index (χ4n) is 2.21. The average molecular weight is 313 g/mol. The molecule has 102 valence electrons. The van der Waals surface area contributed by atoms with E-state index in [1.54, 1.807) is 0 Å². The Morgan fingerprint density at radius 3 is 2.33 bits per heavy atom. The lowest BCUT2D eigenvalue weighted by molar-refractivity contribution is 0.643. The SMILES string of the molecule is CCCN(CCC)c1ccc(Br)cc1C(C)NC. The third-order valence-electron chi connectivity index (χ3n) is 3.22. The van der Waals surface area contributed by atoms with E-state index in [1.165, 1.54) is 24.1 Å². The Hall–Kier alpha value is -0.540. The minimum absolute atomic E-state index is 0.369. The van der Waals surface area contributed by atoms with Crippen molar-refractivity contribution in [1.82, 2.24) is 5.32 Å². The first-order valence-electron chi connectivity index (χ1n) is 6.85. The van der Waals surface area contributed by atoms with Gasteiger partial charge in [0.05, 0.1) is 0 Å². The van der Waals surface area contributed by atoms with Gasteiger partial charge in [0.15, 0.2) is 0 Å². The van der Waals surface area contributed by atoms with E-state index >= 15 is 0 Å². The van der Waals surface area contributed by atoms with Crippen molar-refractivity contribution in [3.8, 4) is 0 Å². The molecule has 3 heteroatoms. The molecule has 1 aromatic rings. The summed E-state index contributed by atoms with van der Waals surface area (Å²) in [6.07, 6.45) is 2.37. The van der Waals surface area contributed by atoms with Crippen LogP contribution < -0.4 is 10.2 Å². The highest BCUT2D eigenvalue weighted by atomic mass is 79.9. The number of rotatable bonds is 7. The van der Waals surface area contributed by atoms with Gasteiger partial charge in [-0.1, -0.05) is 29.8 Å². The summed E-state index contributed by atoms with van der Waals surface area (Å²) in [5.41, 5.74) is 2.73. The number of halogens is 1. The van der Waals surface area contributed by atoms with Crippen LogP contribution in [0.4, 0.5) is 5.69 Å². The molecule has 0 saturated heterocycles. The molecule has 0 aliphatic heterocycles. The van der Waals surface area contributed by atoms with Crippen molar-refractivity contribution >= 4 is 21.6 Å². The summed E-state index contributed by atoms with van der Waals surface area (Å²) >= 11 is 3.57. The Bertz CT molecular complexity index is 360. The van der Waals surface area contributed by atoms with Gasteiger partial charge < -0.3 is 10.2 Å². The maximum Gasteiger partial charge on any atom is 0.0415 e. The Kier molecular flexibility index (Phi) is 6.72. The summed E-state index contributed by atoms with van der Waals surface area (Å²) in [4.78, 5) is 2.50. The van der Waals surface area contributed by atoms with Crippen LogP contribution in [0.5, 0.6) is 0 Å². The van der Waals surface area contributed by atoms with Gasteiger partial charge in [0, 0.05) is 29.3 Å². The normalized spacial score (nSPS) is 12.5. The zero-order valence-corrected chi connectivity index (χ0v) is 13.5. The molecule has 0 spiro atoms. The molecule has 0 aliphatic carbocycles. The first kappa shape index (κ1) is 15.5. The maximum absolute atomic E-state index is 3.57. The van der Waals surface area contributed by atoms with Crippen molar-refractivity contribution in [3.05, 3.63) is 28.2 Å². The number of nitrogens with zero attached hydrogens (tertiary/aromatic N) is 1. The Morgan fingerprint density at radius 1 is 1.22 bits per heavy atom. The van der Waals surface area contributed by atoms with Gasteiger partial charge in [-0.3, -0.25) is 0 Å². The lowest BCUT2D eigenvalue weighted by Crippen LogP contribution is -2.27. The highest BCUT2D eigenvalue weighted by Crippen LogP contribution is 2.29. The summed E-state index contributed by atoms with van der Waals surface area (Å²) in [6.45, 7) is 8.94. The number of nitrogens with one attached hydrogen (secondary N) is 1. The predicted octanol–water partition coefficient (Wildman–Crippen LogP) is 4.36. The highest BCUT2D eigenvalue weighted by molar-refractivity contribution is 9.10. The summed E-state index contributed by atoms with van der Waals surface area (Å²) in [5, 5.41) is 3.34. The molecule has 18 heavy (non-hydrogen) atoms. The Morgan fingerprint density at radius 2 is 1.83 bits per heavy atom. The van der Waals surface area contributed by atoms with Gasteiger partial charge in [0.2, 0.25) is 0 Å². The third kappa shape index (κ3) is 3.99. The summed E-state index contributed by atoms with van der Waals surface area (Å²) in [5.74, 6) is 0. The molecular formula is C15H25BrN2. The fourth-order valence-corrected chi connectivity index (χ4v) is 2.59. The van der Waals surface area contributed by atoms with Crippen molar-refractivity contribution in [2.45, 2.75) is 39.7 Å². The van der Waals surface area contributed by atoms with E-state index in [0.29, 0.717) is 6.04 Å². The number of benzene rings is 1. The van der Waals surface area contributed by atoms with Crippen LogP contribution in [0.25, 0.3) is 0 Å². The summed E-state index contributed by atoms with van der Waals surface area (Å²) in [6, 6.07) is 6.97. The van der Waals surface area contributed by atoms with Gasteiger partial charge in [-0.15, -0.1) is 0 Å². The zero-order chi connectivity index (χ0) is 13.5. The van der Waals surface area contributed by atoms with Gasteiger partial charge >= 0.3 is 0 Å². The van der Waals surface area contributed by atoms with Gasteiger partial charge in [0.1, 0.15) is 0 Å². The van der Waals surface area contributed by atoms with E-state index in [-0.39, 0.29) is 0 Å². The lowest BCUT2D eigenvalue weighted by Gasteiger charge is -2.28. The smallest absolute Gasteiger partial charge is 0.0415 e. The van der Waals surface area contributed by atoms with Gasteiger partial charge in [-0.25, -0.2) is 0 Å². The highest BCUT2D eigenvalue weighted by Gasteiger charge is 2.14. The molecule has 1 unspecified atom stereocenters. The first-order valence-corrected chi connectivity index (χ1v) is 7.64. The maximum atomic E-state index is 3.57. The van der Waals surface area contributed by atoms with E-state index in [2.05, 4.69) is 65.1 Å². The van der Waals surface area contributed by atoms with Crippen LogP contribution in [0.1, 0.15) is 45.2 Å². The molecule has 0 aromatic heterocycles. The predicted molar refractivity (Wildman–Crippen MR) is 84.4 cm³/mol. The monoisotopic (exact) mass is 312 g/mol. The molecule has 0 aliphatic rings. The minimum Gasteiger partial charge on any atom is -0.371 e. The Labute approximate surface area is 120 Å². The lowest BCUT2D eigenvalue weighted by atomic mass is 10.0. The second-order valence-corrected chi connectivity index (χ2v) is 5.62. The molecule has 1 aromatic carbocycles. The second-order valence-electron chi connectivity index (χ2n) is 4.70. The molecule has 0 bridgehead atoms. The van der Waals surface area contributed by atoms with Gasteiger partial charge in [0.25, 0.3) is 0 Å². The molecule has 0 saturated carbocycles. The largest absolute Gasteiger partial charge is 0.371 e. The third-order valence-corrected chi connectivity index (χ3v) is 3.71. The van der Waals surface area contributed by atoms with E-state index < -0.39 is 0 Å². The molecule has 1 rings (SSSR count). The molecule has 0 heterocycles. The first-order chi connectivity index (χ1) is 8.63. The molecule has 0 amide bonds. The molecule has 2 nitrogen and oxygen atoms in total. The number of hydrogen-bond acceptors (Lipinski definition) is 2. The van der Waals surface area contributed by atoms with E-state index in [4.69, 9.17) is 0 Å². The second kappa shape index (κ2) is 7.80. The van der Waals surface area contributed by atoms with Crippen LogP contribution in [-0.2, 0) is 0 Å². The molecule has 1 N–H and O–H groups in total. The zero-order valence-electron chi connectivity index (χ0n) is 12.0. The van der Waals surface area contributed by atoms with E-state index in [9.17, 15) is 0 Å². The van der Waals surface area contributed by atoms with Crippen LogP contribution in [0.2, 0.25) is 0 Å². The van der Waals surface area contributed by atoms with Crippen molar-refractivity contribution in [2.75, 3.05) is 25.0 Å². The average Bonchev–Trinajstić information content (AvgIpc) is 2.37. The molecule has 1 atom stereocenters. The number of hydrogen-bond donors (Lipinski definition) is 1. The van der Waals surface area contributed by atoms with Crippen LogP contribution in [0, 0.1) is 0 Å². The van der Waals surface area contributed by atoms with Crippen molar-refractivity contribution in [2.24, 2.45) is 0 Å². The topological polar surface area (TPSA) is 15.3 Å². The van der Waals surface area contributed by atoms with Crippen molar-refractivity contribution in [3.63, 3.8) is 0 Å². The molecule has 0 fully saturated rings. The van der Waals surface area contributed by atoms with Crippen LogP contribution in [0.3, 0.4) is 0 Å². The molecular weight excluding hydrogens is 288 g/mol. The fraction of sp³-hybridized carbons (Fsp3) is 0.600. The summed E-state index contributed by atoms with van der Waals surface area (Å²) in [7, 11) is 2.01. The summed E-state index contributed by atoms with van der Waals surface area (Å²) < 4.78 is 1.15. The van der Waals surface area contributed by atoms with E-state index in [0.717, 1.165) is 17.6 Å². The Balaban J connectivity index is 3.10. The van der Waals surface area contributed by atoms with Crippen molar-refractivity contribution < 1.29 is 0 Å². The van der Waals surface area contributed by atoms with Gasteiger partial charge in [-0.2, -0.15) is 0 Å².